The van der Waals surface area contributed by atoms with Gasteiger partial charge in [0.1, 0.15) is 5.82 Å². The zero-order valence-corrected chi connectivity index (χ0v) is 15.8. The van der Waals surface area contributed by atoms with Gasteiger partial charge in [0, 0.05) is 25.0 Å². The number of aromatic nitrogens is 1. The fraction of sp³-hybridized carbons (Fsp3) is 0.316. The molecule has 0 fully saturated rings. The molecule has 0 aliphatic carbocycles. The van der Waals surface area contributed by atoms with Gasteiger partial charge in [-0.2, -0.15) is 0 Å². The average Bonchev–Trinajstić information content (AvgIpc) is 2.65. The third-order valence-corrected chi connectivity index (χ3v) is 4.09. The van der Waals surface area contributed by atoms with Gasteiger partial charge in [0.15, 0.2) is 6.10 Å². The number of ether oxygens (including phenoxy) is 1. The Hall–Kier alpha value is -2.60. The van der Waals surface area contributed by atoms with Crippen LogP contribution in [0.25, 0.3) is 0 Å². The predicted molar refractivity (Wildman–Crippen MR) is 103 cm³/mol. The lowest BCUT2D eigenvalue weighted by Gasteiger charge is -2.21. The molecule has 2 rings (SSSR count). The molecule has 6 nitrogen and oxygen atoms in total. The van der Waals surface area contributed by atoms with E-state index in [2.05, 4.69) is 29.0 Å². The SMILES string of the molecule is CCN(CC)c1ccc(C(=O)O[C@@H](C)C(=O)Nc2ccc(Cl)cn2)cc1. The number of rotatable bonds is 7. The van der Waals surface area contributed by atoms with Crippen LogP contribution in [0.2, 0.25) is 5.02 Å². The number of halogens is 1. The van der Waals surface area contributed by atoms with E-state index in [-0.39, 0.29) is 0 Å². The van der Waals surface area contributed by atoms with E-state index in [4.69, 9.17) is 16.3 Å². The van der Waals surface area contributed by atoms with Crippen LogP contribution in [0, 0.1) is 0 Å². The molecule has 7 heteroatoms. The predicted octanol–water partition coefficient (Wildman–Crippen LogP) is 3.77. The molecule has 0 saturated heterocycles. The Morgan fingerprint density at radius 2 is 1.81 bits per heavy atom. The first-order valence-corrected chi connectivity index (χ1v) is 8.80. The molecule has 1 aromatic heterocycles. The van der Waals surface area contributed by atoms with Gasteiger partial charge in [-0.3, -0.25) is 4.79 Å². The summed E-state index contributed by atoms with van der Waals surface area (Å²) in [4.78, 5) is 30.5. The van der Waals surface area contributed by atoms with Crippen LogP contribution in [-0.2, 0) is 9.53 Å². The van der Waals surface area contributed by atoms with Crippen molar-refractivity contribution in [1.29, 1.82) is 0 Å². The van der Waals surface area contributed by atoms with Crippen molar-refractivity contribution in [2.24, 2.45) is 0 Å². The summed E-state index contributed by atoms with van der Waals surface area (Å²) in [5.74, 6) is -0.679. The van der Waals surface area contributed by atoms with E-state index in [0.717, 1.165) is 18.8 Å². The average molecular weight is 376 g/mol. The first kappa shape index (κ1) is 19.7. The second-order valence-corrected chi connectivity index (χ2v) is 6.05. The van der Waals surface area contributed by atoms with Crippen LogP contribution in [0.4, 0.5) is 11.5 Å². The molecule has 138 valence electrons. The lowest BCUT2D eigenvalue weighted by atomic mass is 10.2. The summed E-state index contributed by atoms with van der Waals surface area (Å²) in [6.07, 6.45) is 0.466. The molecule has 0 saturated carbocycles. The number of amides is 1. The Morgan fingerprint density at radius 1 is 1.15 bits per heavy atom. The van der Waals surface area contributed by atoms with E-state index < -0.39 is 18.0 Å². The van der Waals surface area contributed by atoms with Gasteiger partial charge in [0.25, 0.3) is 5.91 Å². The smallest absolute Gasteiger partial charge is 0.338 e. The monoisotopic (exact) mass is 375 g/mol. The minimum Gasteiger partial charge on any atom is -0.449 e. The minimum absolute atomic E-state index is 0.339. The second kappa shape index (κ2) is 9.20. The molecule has 1 heterocycles. The van der Waals surface area contributed by atoms with Crippen molar-refractivity contribution < 1.29 is 14.3 Å². The molecule has 26 heavy (non-hydrogen) atoms. The molecule has 1 aromatic carbocycles. The van der Waals surface area contributed by atoms with E-state index in [1.807, 2.05) is 12.1 Å². The van der Waals surface area contributed by atoms with Crippen molar-refractivity contribution in [2.75, 3.05) is 23.3 Å². The summed E-state index contributed by atoms with van der Waals surface area (Å²) >= 11 is 5.75. The van der Waals surface area contributed by atoms with Crippen molar-refractivity contribution in [3.63, 3.8) is 0 Å². The first-order chi connectivity index (χ1) is 12.4. The number of pyridine rings is 1. The van der Waals surface area contributed by atoms with Crippen LogP contribution in [0.1, 0.15) is 31.1 Å². The van der Waals surface area contributed by atoms with Crippen molar-refractivity contribution in [3.8, 4) is 0 Å². The highest BCUT2D eigenvalue weighted by atomic mass is 35.5. The van der Waals surface area contributed by atoms with Crippen molar-refractivity contribution in [3.05, 3.63) is 53.2 Å². The maximum Gasteiger partial charge on any atom is 0.338 e. The fourth-order valence-electron chi connectivity index (χ4n) is 2.36. The molecule has 0 aliphatic heterocycles. The molecule has 1 N–H and O–H groups in total. The van der Waals surface area contributed by atoms with Crippen LogP contribution in [-0.4, -0.2) is 36.1 Å². The van der Waals surface area contributed by atoms with Crippen molar-refractivity contribution >= 4 is 35.0 Å². The Bertz CT molecular complexity index is 744. The maximum atomic E-state index is 12.2. The number of carbonyl (C=O) groups is 2. The highest BCUT2D eigenvalue weighted by molar-refractivity contribution is 6.30. The zero-order valence-electron chi connectivity index (χ0n) is 15.0. The second-order valence-electron chi connectivity index (χ2n) is 5.62. The number of esters is 1. The van der Waals surface area contributed by atoms with E-state index in [1.54, 1.807) is 24.3 Å². The number of nitrogens with zero attached hydrogens (tertiary/aromatic N) is 2. The van der Waals surface area contributed by atoms with Crippen molar-refractivity contribution in [2.45, 2.75) is 26.9 Å². The third-order valence-electron chi connectivity index (χ3n) is 3.86. The van der Waals surface area contributed by atoms with E-state index in [9.17, 15) is 9.59 Å². The number of benzene rings is 1. The molecule has 1 amide bonds. The molecular weight excluding hydrogens is 354 g/mol. The van der Waals surface area contributed by atoms with Gasteiger partial charge in [0.05, 0.1) is 10.6 Å². The zero-order chi connectivity index (χ0) is 19.1. The van der Waals surface area contributed by atoms with Crippen molar-refractivity contribution in [1.82, 2.24) is 4.98 Å². The summed E-state index contributed by atoms with van der Waals surface area (Å²) in [7, 11) is 0. The van der Waals surface area contributed by atoms with Gasteiger partial charge >= 0.3 is 5.97 Å². The quantitative estimate of drug-likeness (QED) is 0.746. The van der Waals surface area contributed by atoms with E-state index in [0.29, 0.717) is 16.4 Å². The number of hydrogen-bond donors (Lipinski definition) is 1. The number of hydrogen-bond acceptors (Lipinski definition) is 5. The molecule has 0 spiro atoms. The van der Waals surface area contributed by atoms with Crippen LogP contribution in [0.3, 0.4) is 0 Å². The number of anilines is 2. The molecule has 2 aromatic rings. The van der Waals surface area contributed by atoms with Crippen LogP contribution >= 0.6 is 11.6 Å². The molecule has 1 atom stereocenters. The Kier molecular flexibility index (Phi) is 6.97. The number of nitrogens with one attached hydrogen (secondary N) is 1. The Morgan fingerprint density at radius 3 is 2.35 bits per heavy atom. The minimum atomic E-state index is -0.956. The van der Waals surface area contributed by atoms with Crippen LogP contribution in [0.15, 0.2) is 42.6 Å². The summed E-state index contributed by atoms with van der Waals surface area (Å²) in [6, 6.07) is 10.3. The normalized spacial score (nSPS) is 11.5. The van der Waals surface area contributed by atoms with Crippen LogP contribution < -0.4 is 10.2 Å². The maximum absolute atomic E-state index is 12.2. The topological polar surface area (TPSA) is 71.5 Å². The molecule has 0 unspecified atom stereocenters. The highest BCUT2D eigenvalue weighted by Crippen LogP contribution is 2.16. The van der Waals surface area contributed by atoms with Gasteiger partial charge in [0.2, 0.25) is 0 Å². The summed E-state index contributed by atoms with van der Waals surface area (Å²) < 4.78 is 5.23. The lowest BCUT2D eigenvalue weighted by molar-refractivity contribution is -0.123. The molecule has 0 aliphatic rings. The van der Waals surface area contributed by atoms with Gasteiger partial charge in [-0.25, -0.2) is 9.78 Å². The first-order valence-electron chi connectivity index (χ1n) is 8.43. The van der Waals surface area contributed by atoms with Gasteiger partial charge in [-0.15, -0.1) is 0 Å². The Labute approximate surface area is 158 Å². The Balaban J connectivity index is 1.95. The van der Waals surface area contributed by atoms with E-state index >= 15 is 0 Å². The molecular formula is C19H22ClN3O3. The third kappa shape index (κ3) is 5.20. The fourth-order valence-corrected chi connectivity index (χ4v) is 2.47. The molecule has 0 bridgehead atoms. The van der Waals surface area contributed by atoms with Gasteiger partial charge < -0.3 is 15.0 Å². The van der Waals surface area contributed by atoms with Crippen LogP contribution in [0.5, 0.6) is 0 Å². The summed E-state index contributed by atoms with van der Waals surface area (Å²) in [5, 5.41) is 3.04. The largest absolute Gasteiger partial charge is 0.449 e. The van der Waals surface area contributed by atoms with Gasteiger partial charge in [-0.1, -0.05) is 11.6 Å². The lowest BCUT2D eigenvalue weighted by Crippen LogP contribution is -2.30. The number of carbonyl (C=O) groups excluding carboxylic acids is 2. The van der Waals surface area contributed by atoms with Gasteiger partial charge in [-0.05, 0) is 57.2 Å². The standard InChI is InChI=1S/C19H22ClN3O3/c1-4-23(5-2)16-9-6-14(7-10-16)19(25)26-13(3)18(24)22-17-11-8-15(20)12-21-17/h6-13H,4-5H2,1-3H3,(H,21,22,24)/t13-/m0/s1. The highest BCUT2D eigenvalue weighted by Gasteiger charge is 2.19. The summed E-state index contributed by atoms with van der Waals surface area (Å²) in [6.45, 7) is 7.42. The molecule has 0 radical (unpaired) electrons. The summed E-state index contributed by atoms with van der Waals surface area (Å²) in [5.41, 5.74) is 1.43. The van der Waals surface area contributed by atoms with E-state index in [1.165, 1.54) is 13.1 Å².